The molecular weight excluding hydrogens is 122 g/mol. The average molecular weight is 131 g/mol. The molecule has 0 fully saturated rings. The Labute approximate surface area is 59.7 Å². The number of benzene rings is 1. The molecule has 1 heteroatoms. The van der Waals surface area contributed by atoms with Gasteiger partial charge in [-0.2, -0.15) is 0 Å². The minimum Gasteiger partial charge on any atom is -0.228 e. The Balaban J connectivity index is 2.97. The summed E-state index contributed by atoms with van der Waals surface area (Å²) in [4.78, 5) is 3.16. The molecule has 1 aliphatic rings. The molecule has 0 unspecified atom stereocenters. The van der Waals surface area contributed by atoms with Crippen molar-refractivity contribution in [2.45, 2.75) is 6.92 Å². The molecule has 1 radical (unpaired) electrons. The zero-order chi connectivity index (χ0) is 6.97. The summed E-state index contributed by atoms with van der Waals surface area (Å²) in [5.41, 5.74) is 1.33. The SMILES string of the molecule is Cc1cccc2c1=C[CH][NH+]=2. The summed E-state index contributed by atoms with van der Waals surface area (Å²) in [6, 6.07) is 6.27. The van der Waals surface area contributed by atoms with E-state index < -0.39 is 0 Å². The molecule has 0 saturated heterocycles. The molecule has 1 aromatic carbocycles. The molecule has 0 aliphatic carbocycles. The van der Waals surface area contributed by atoms with Crippen LogP contribution in [0, 0.1) is 13.5 Å². The Morgan fingerprint density at radius 1 is 1.30 bits per heavy atom. The zero-order valence-corrected chi connectivity index (χ0v) is 5.89. The summed E-state index contributed by atoms with van der Waals surface area (Å²) >= 11 is 0. The standard InChI is InChI=1S/C9H9N/c1-7-3-2-4-9-8(7)5-6-10-9/h2-6,10H,1H3/q+1. The van der Waals surface area contributed by atoms with Crippen molar-refractivity contribution in [3.05, 3.63) is 40.9 Å². The quantitative estimate of drug-likeness (QED) is 0.447. The van der Waals surface area contributed by atoms with Gasteiger partial charge in [-0.25, -0.2) is 4.99 Å². The highest BCUT2D eigenvalue weighted by molar-refractivity contribution is 5.34. The molecule has 0 amide bonds. The first-order valence-corrected chi connectivity index (χ1v) is 3.40. The molecule has 0 spiro atoms. The third-order valence-corrected chi connectivity index (χ3v) is 1.81. The van der Waals surface area contributed by atoms with Crippen molar-refractivity contribution in [3.8, 4) is 0 Å². The lowest BCUT2D eigenvalue weighted by molar-refractivity contribution is -0.440. The molecule has 49 valence electrons. The maximum absolute atomic E-state index is 3.16. The van der Waals surface area contributed by atoms with Crippen molar-refractivity contribution in [2.75, 3.05) is 0 Å². The summed E-state index contributed by atoms with van der Waals surface area (Å²) in [7, 11) is 0. The molecule has 1 heterocycles. The van der Waals surface area contributed by atoms with Crippen LogP contribution in [0.5, 0.6) is 0 Å². The smallest absolute Gasteiger partial charge is 0.228 e. The summed E-state index contributed by atoms with van der Waals surface area (Å²) in [6.45, 7) is 4.09. The normalized spacial score (nSPS) is 13.7. The molecule has 1 aromatic rings. The van der Waals surface area contributed by atoms with E-state index in [2.05, 4.69) is 36.2 Å². The predicted octanol–water partition coefficient (Wildman–Crippen LogP) is -1.35. The van der Waals surface area contributed by atoms with Crippen LogP contribution in [0.3, 0.4) is 0 Å². The number of rotatable bonds is 0. The maximum Gasteiger partial charge on any atom is 0.235 e. The number of nitrogens with one attached hydrogen (secondary N) is 1. The first-order valence-electron chi connectivity index (χ1n) is 3.40. The van der Waals surface area contributed by atoms with Crippen LogP contribution < -0.4 is 15.6 Å². The fourth-order valence-electron chi connectivity index (χ4n) is 1.24. The van der Waals surface area contributed by atoms with Crippen molar-refractivity contribution in [3.63, 3.8) is 0 Å². The Bertz CT molecular complexity index is 363. The monoisotopic (exact) mass is 131 g/mol. The third kappa shape index (κ3) is 0.670. The molecular formula is C9H9N+. The van der Waals surface area contributed by atoms with Crippen LogP contribution in [-0.4, -0.2) is 0 Å². The van der Waals surface area contributed by atoms with Crippen LogP contribution >= 0.6 is 0 Å². The lowest BCUT2D eigenvalue weighted by atomic mass is 10.2. The van der Waals surface area contributed by atoms with Crippen LogP contribution in [0.2, 0.25) is 0 Å². The largest absolute Gasteiger partial charge is 0.235 e. The van der Waals surface area contributed by atoms with Gasteiger partial charge in [0.15, 0.2) is 0 Å². The molecule has 2 rings (SSSR count). The second-order valence-corrected chi connectivity index (χ2v) is 2.51. The van der Waals surface area contributed by atoms with E-state index in [9.17, 15) is 0 Å². The molecule has 0 aromatic heterocycles. The Kier molecular flexibility index (Phi) is 1.10. The summed E-state index contributed by atoms with van der Waals surface area (Å²) in [5, 5.41) is 2.54. The van der Waals surface area contributed by atoms with E-state index in [1.54, 1.807) is 0 Å². The highest BCUT2D eigenvalue weighted by atomic mass is 14.7. The third-order valence-electron chi connectivity index (χ3n) is 1.81. The van der Waals surface area contributed by atoms with Gasteiger partial charge in [0.2, 0.25) is 11.9 Å². The Morgan fingerprint density at radius 3 is 3.00 bits per heavy atom. The maximum atomic E-state index is 3.16. The lowest BCUT2D eigenvalue weighted by Gasteiger charge is -1.84. The topological polar surface area (TPSA) is 14.0 Å². The van der Waals surface area contributed by atoms with E-state index >= 15 is 0 Å². The molecule has 1 nitrogen and oxygen atoms in total. The van der Waals surface area contributed by atoms with Crippen LogP contribution in [0.4, 0.5) is 0 Å². The molecule has 0 bridgehead atoms. The van der Waals surface area contributed by atoms with Crippen LogP contribution in [0.1, 0.15) is 5.56 Å². The van der Waals surface area contributed by atoms with Crippen LogP contribution in [-0.2, 0) is 0 Å². The van der Waals surface area contributed by atoms with Gasteiger partial charge in [-0.05, 0) is 12.5 Å². The van der Waals surface area contributed by atoms with Gasteiger partial charge in [0.05, 0.1) is 5.22 Å². The number of aryl methyl sites for hydroxylation is 1. The van der Waals surface area contributed by atoms with Gasteiger partial charge in [0.1, 0.15) is 0 Å². The van der Waals surface area contributed by atoms with Gasteiger partial charge in [-0.1, -0.05) is 12.1 Å². The van der Waals surface area contributed by atoms with Crippen molar-refractivity contribution in [2.24, 2.45) is 0 Å². The molecule has 0 atom stereocenters. The summed E-state index contributed by atoms with van der Waals surface area (Å²) in [5.74, 6) is 0. The first-order chi connectivity index (χ1) is 4.88. The van der Waals surface area contributed by atoms with Crippen LogP contribution in [0.25, 0.3) is 6.08 Å². The molecule has 1 N–H and O–H groups in total. The van der Waals surface area contributed by atoms with Gasteiger partial charge in [-0.15, -0.1) is 0 Å². The fourth-order valence-corrected chi connectivity index (χ4v) is 1.24. The Hall–Kier alpha value is -1.11. The second-order valence-electron chi connectivity index (χ2n) is 2.51. The van der Waals surface area contributed by atoms with Crippen molar-refractivity contribution < 1.29 is 4.99 Å². The molecule has 0 saturated carbocycles. The lowest BCUT2D eigenvalue weighted by Crippen LogP contribution is -2.72. The van der Waals surface area contributed by atoms with Crippen molar-refractivity contribution in [1.82, 2.24) is 0 Å². The van der Waals surface area contributed by atoms with E-state index in [-0.39, 0.29) is 0 Å². The number of hydrogen-bond acceptors (Lipinski definition) is 0. The highest BCUT2D eigenvalue weighted by Crippen LogP contribution is 1.83. The summed E-state index contributed by atoms with van der Waals surface area (Å²) in [6.07, 6.45) is 2.10. The van der Waals surface area contributed by atoms with E-state index in [0.29, 0.717) is 0 Å². The van der Waals surface area contributed by atoms with Crippen LogP contribution in [0.15, 0.2) is 18.2 Å². The highest BCUT2D eigenvalue weighted by Gasteiger charge is 2.01. The first kappa shape index (κ1) is 5.66. The van der Waals surface area contributed by atoms with Gasteiger partial charge < -0.3 is 0 Å². The Morgan fingerprint density at radius 2 is 2.20 bits per heavy atom. The number of fused-ring (bicyclic) bond motifs is 1. The summed E-state index contributed by atoms with van der Waals surface area (Å²) < 4.78 is 0. The van der Waals surface area contributed by atoms with Crippen molar-refractivity contribution >= 4 is 6.08 Å². The predicted molar refractivity (Wildman–Crippen MR) is 39.3 cm³/mol. The van der Waals surface area contributed by atoms with Gasteiger partial charge in [-0.3, -0.25) is 0 Å². The van der Waals surface area contributed by atoms with E-state index in [4.69, 9.17) is 0 Å². The zero-order valence-electron chi connectivity index (χ0n) is 5.89. The minimum atomic E-state index is 1.22. The molecule has 10 heavy (non-hydrogen) atoms. The minimum absolute atomic E-state index is 1.22. The van der Waals surface area contributed by atoms with Gasteiger partial charge >= 0.3 is 0 Å². The van der Waals surface area contributed by atoms with E-state index in [1.165, 1.54) is 16.1 Å². The average Bonchev–Trinajstić information content (AvgIpc) is 2.36. The number of hydrogen-bond donors (Lipinski definition) is 1. The fraction of sp³-hybridized carbons (Fsp3) is 0.111. The van der Waals surface area contributed by atoms with Gasteiger partial charge in [0.25, 0.3) is 0 Å². The van der Waals surface area contributed by atoms with E-state index in [0.717, 1.165) is 0 Å². The molecule has 1 aliphatic heterocycles. The van der Waals surface area contributed by atoms with Crippen molar-refractivity contribution in [1.29, 1.82) is 0 Å². The second kappa shape index (κ2) is 1.94. The van der Waals surface area contributed by atoms with E-state index in [1.807, 2.05) is 6.54 Å². The van der Waals surface area contributed by atoms with Gasteiger partial charge in [0, 0.05) is 12.1 Å².